The van der Waals surface area contributed by atoms with Gasteiger partial charge in [-0.15, -0.1) is 0 Å². The van der Waals surface area contributed by atoms with Crippen LogP contribution >= 0.6 is 0 Å². The van der Waals surface area contributed by atoms with Crippen LogP contribution in [0.5, 0.6) is 11.5 Å². The van der Waals surface area contributed by atoms with E-state index in [-0.39, 0.29) is 5.78 Å². The van der Waals surface area contributed by atoms with Gasteiger partial charge in [0.25, 0.3) is 0 Å². The molecule has 5 heteroatoms. The molecule has 0 amide bonds. The van der Waals surface area contributed by atoms with E-state index in [0.29, 0.717) is 28.4 Å². The smallest absolute Gasteiger partial charge is 0.196 e. The lowest BCUT2D eigenvalue weighted by atomic mass is 9.99. The summed E-state index contributed by atoms with van der Waals surface area (Å²) in [7, 11) is 3.20. The number of hydrogen-bond donors (Lipinski definition) is 0. The van der Waals surface area contributed by atoms with E-state index in [2.05, 4.69) is 9.97 Å². The van der Waals surface area contributed by atoms with E-state index >= 15 is 0 Å². The van der Waals surface area contributed by atoms with Crippen LogP contribution in [0.2, 0.25) is 0 Å². The van der Waals surface area contributed by atoms with Gasteiger partial charge in [-0.3, -0.25) is 4.79 Å². The summed E-state index contributed by atoms with van der Waals surface area (Å²) in [6.07, 6.45) is 1.58. The lowest BCUT2D eigenvalue weighted by Crippen LogP contribution is -2.07. The van der Waals surface area contributed by atoms with Crippen molar-refractivity contribution in [3.63, 3.8) is 0 Å². The molecule has 0 fully saturated rings. The highest BCUT2D eigenvalue weighted by Gasteiger charge is 2.17. The summed E-state index contributed by atoms with van der Waals surface area (Å²) >= 11 is 0. The van der Waals surface area contributed by atoms with Crippen LogP contribution < -0.4 is 9.47 Å². The molecular weight excluding hydrogens is 316 g/mol. The van der Waals surface area contributed by atoms with Crippen LogP contribution in [-0.2, 0) is 0 Å². The molecule has 0 bridgehead atoms. The zero-order valence-electron chi connectivity index (χ0n) is 14.3. The molecule has 126 valence electrons. The summed E-state index contributed by atoms with van der Waals surface area (Å²) in [5.74, 6) is 1.93. The van der Waals surface area contributed by atoms with Crippen molar-refractivity contribution in [3.8, 4) is 22.8 Å². The van der Waals surface area contributed by atoms with E-state index < -0.39 is 0 Å². The van der Waals surface area contributed by atoms with Gasteiger partial charge in [0.2, 0.25) is 0 Å². The van der Waals surface area contributed by atoms with Gasteiger partial charge in [-0.1, -0.05) is 0 Å². The van der Waals surface area contributed by atoms with Gasteiger partial charge >= 0.3 is 0 Å². The van der Waals surface area contributed by atoms with Crippen molar-refractivity contribution >= 4 is 5.78 Å². The number of ether oxygens (including phenoxy) is 2. The first kappa shape index (κ1) is 16.6. The molecule has 0 aliphatic rings. The first-order valence-corrected chi connectivity index (χ1v) is 7.79. The highest BCUT2D eigenvalue weighted by atomic mass is 16.5. The highest BCUT2D eigenvalue weighted by Crippen LogP contribution is 2.26. The molecule has 0 radical (unpaired) electrons. The maximum atomic E-state index is 12.9. The van der Waals surface area contributed by atoms with Gasteiger partial charge in [0, 0.05) is 17.3 Å². The van der Waals surface area contributed by atoms with E-state index in [4.69, 9.17) is 9.47 Å². The topological polar surface area (TPSA) is 61.3 Å². The number of aromatic nitrogens is 2. The van der Waals surface area contributed by atoms with E-state index in [9.17, 15) is 4.79 Å². The molecule has 1 aromatic heterocycles. The Kier molecular flexibility index (Phi) is 4.75. The molecule has 0 spiro atoms. The fraction of sp³-hybridized carbons (Fsp3) is 0.150. The lowest BCUT2D eigenvalue weighted by Gasteiger charge is -2.10. The summed E-state index contributed by atoms with van der Waals surface area (Å²) in [6.45, 7) is 1.80. The van der Waals surface area contributed by atoms with E-state index in [0.717, 1.165) is 11.3 Å². The Balaban J connectivity index is 2.04. The van der Waals surface area contributed by atoms with Gasteiger partial charge in [-0.05, 0) is 55.5 Å². The fourth-order valence-electron chi connectivity index (χ4n) is 2.50. The number of aryl methyl sites for hydroxylation is 1. The van der Waals surface area contributed by atoms with Crippen LogP contribution in [-0.4, -0.2) is 30.0 Å². The van der Waals surface area contributed by atoms with Gasteiger partial charge in [0.05, 0.1) is 25.5 Å². The molecule has 0 N–H and O–H groups in total. The van der Waals surface area contributed by atoms with Crippen LogP contribution in [0.3, 0.4) is 0 Å². The summed E-state index contributed by atoms with van der Waals surface area (Å²) < 4.78 is 10.3. The first-order valence-electron chi connectivity index (χ1n) is 7.79. The molecule has 0 saturated heterocycles. The number of methoxy groups -OCH3 is 2. The summed E-state index contributed by atoms with van der Waals surface area (Å²) in [5.41, 5.74) is 2.46. The number of carbonyl (C=O) groups excluding carboxylic acids is 1. The predicted octanol–water partition coefficient (Wildman–Crippen LogP) is 3.70. The molecule has 0 unspecified atom stereocenters. The van der Waals surface area contributed by atoms with Gasteiger partial charge in [0.1, 0.15) is 17.3 Å². The van der Waals surface area contributed by atoms with Crippen LogP contribution in [0, 0.1) is 6.92 Å². The summed E-state index contributed by atoms with van der Waals surface area (Å²) in [5, 5.41) is 0. The van der Waals surface area contributed by atoms with E-state index in [1.165, 1.54) is 0 Å². The van der Waals surface area contributed by atoms with Gasteiger partial charge in [0.15, 0.2) is 5.78 Å². The molecule has 1 heterocycles. The minimum Gasteiger partial charge on any atom is -0.497 e. The lowest BCUT2D eigenvalue weighted by molar-refractivity contribution is 0.103. The van der Waals surface area contributed by atoms with Crippen molar-refractivity contribution in [1.82, 2.24) is 9.97 Å². The minimum atomic E-state index is -0.131. The number of rotatable bonds is 5. The molecule has 3 rings (SSSR count). The maximum Gasteiger partial charge on any atom is 0.196 e. The van der Waals surface area contributed by atoms with Gasteiger partial charge in [-0.2, -0.15) is 0 Å². The van der Waals surface area contributed by atoms with Gasteiger partial charge < -0.3 is 9.47 Å². The van der Waals surface area contributed by atoms with Crippen LogP contribution in [0.25, 0.3) is 11.3 Å². The van der Waals surface area contributed by atoms with Crippen molar-refractivity contribution in [2.45, 2.75) is 6.92 Å². The van der Waals surface area contributed by atoms with Crippen molar-refractivity contribution in [2.75, 3.05) is 14.2 Å². The Hall–Kier alpha value is -3.21. The number of nitrogens with zero attached hydrogens (tertiary/aromatic N) is 2. The van der Waals surface area contributed by atoms with Gasteiger partial charge in [-0.25, -0.2) is 9.97 Å². The SMILES string of the molecule is COc1ccc(C(=O)c2cnc(C)nc2-c2ccc(OC)cc2)cc1. The quantitative estimate of drug-likeness (QED) is 0.666. The number of benzene rings is 2. The molecule has 2 aromatic carbocycles. The zero-order chi connectivity index (χ0) is 17.8. The second kappa shape index (κ2) is 7.13. The zero-order valence-corrected chi connectivity index (χ0v) is 14.3. The third-order valence-corrected chi connectivity index (χ3v) is 3.87. The van der Waals surface area contributed by atoms with Crippen molar-refractivity contribution < 1.29 is 14.3 Å². The Morgan fingerprint density at radius 1 is 0.880 bits per heavy atom. The largest absolute Gasteiger partial charge is 0.497 e. The van der Waals surface area contributed by atoms with Crippen LogP contribution in [0.4, 0.5) is 0 Å². The monoisotopic (exact) mass is 334 g/mol. The molecule has 0 aliphatic heterocycles. The Labute approximate surface area is 146 Å². The normalized spacial score (nSPS) is 10.4. The number of carbonyl (C=O) groups is 1. The average molecular weight is 334 g/mol. The molecule has 3 aromatic rings. The van der Waals surface area contributed by atoms with Crippen LogP contribution in [0.15, 0.2) is 54.7 Å². The molecule has 5 nitrogen and oxygen atoms in total. The Morgan fingerprint density at radius 3 is 2.00 bits per heavy atom. The third-order valence-electron chi connectivity index (χ3n) is 3.87. The minimum absolute atomic E-state index is 0.131. The standard InChI is InChI=1S/C20H18N2O3/c1-13-21-12-18(20(23)15-6-10-17(25-3)11-7-15)19(22-13)14-4-8-16(24-2)9-5-14/h4-12H,1-3H3. The molecular formula is C20H18N2O3. The second-order valence-corrected chi connectivity index (χ2v) is 5.47. The maximum absolute atomic E-state index is 12.9. The fourth-order valence-corrected chi connectivity index (χ4v) is 2.50. The number of ketones is 1. The predicted molar refractivity (Wildman–Crippen MR) is 95.2 cm³/mol. The van der Waals surface area contributed by atoms with Crippen molar-refractivity contribution in [2.24, 2.45) is 0 Å². The van der Waals surface area contributed by atoms with Crippen molar-refractivity contribution in [3.05, 3.63) is 71.7 Å². The third kappa shape index (κ3) is 3.50. The second-order valence-electron chi connectivity index (χ2n) is 5.47. The molecule has 0 aliphatic carbocycles. The van der Waals surface area contributed by atoms with E-state index in [1.807, 2.05) is 24.3 Å². The number of hydrogen-bond acceptors (Lipinski definition) is 5. The Morgan fingerprint density at radius 2 is 1.44 bits per heavy atom. The van der Waals surface area contributed by atoms with E-state index in [1.54, 1.807) is 51.6 Å². The molecule has 0 saturated carbocycles. The summed E-state index contributed by atoms with van der Waals surface area (Å²) in [6, 6.07) is 14.4. The molecule has 0 atom stereocenters. The van der Waals surface area contributed by atoms with Crippen LogP contribution in [0.1, 0.15) is 21.7 Å². The average Bonchev–Trinajstić information content (AvgIpc) is 2.67. The first-order chi connectivity index (χ1) is 12.1. The van der Waals surface area contributed by atoms with Crippen molar-refractivity contribution in [1.29, 1.82) is 0 Å². The summed E-state index contributed by atoms with van der Waals surface area (Å²) in [4.78, 5) is 21.6. The highest BCUT2D eigenvalue weighted by molar-refractivity contribution is 6.12. The molecule has 25 heavy (non-hydrogen) atoms. The Bertz CT molecular complexity index is 888.